The molecule has 1 aliphatic heterocycles. The Morgan fingerprint density at radius 2 is 1.74 bits per heavy atom. The van der Waals surface area contributed by atoms with Crippen molar-refractivity contribution in [2.24, 2.45) is 22.9 Å². The molecule has 4 atom stereocenters. The third-order valence-electron chi connectivity index (χ3n) is 6.93. The zero-order valence-corrected chi connectivity index (χ0v) is 20.4. The van der Waals surface area contributed by atoms with Crippen LogP contribution >= 0.6 is 23.2 Å². The molecule has 2 aromatic carbocycles. The zero-order chi connectivity index (χ0) is 23.8. The molecule has 2 fully saturated rings. The van der Waals surface area contributed by atoms with Gasteiger partial charge in [0.2, 0.25) is 0 Å². The lowest BCUT2D eigenvalue weighted by molar-refractivity contribution is -0.154. The van der Waals surface area contributed by atoms with E-state index < -0.39 is 0 Å². The molecule has 0 aromatic heterocycles. The van der Waals surface area contributed by atoms with Crippen LogP contribution in [0, 0.1) is 17.8 Å². The Labute approximate surface area is 209 Å². The number of allylic oxidation sites excluding steroid dienone is 1. The standard InChI is InChI=1S/C27H26Cl2N2O3/c1-16-13-23(16)27(33)34-15-24(32)31-26(18-7-11-21(29)12-8-18)22-4-2-3-19(25(22)30-31)14-17-5-9-20(28)10-6-17/h5-12,14,16,22-23,26H,2-4,13,15H2,1H3. The maximum Gasteiger partial charge on any atom is 0.309 e. The summed E-state index contributed by atoms with van der Waals surface area (Å²) in [4.78, 5) is 25.4. The van der Waals surface area contributed by atoms with E-state index in [9.17, 15) is 9.59 Å². The van der Waals surface area contributed by atoms with E-state index in [1.54, 1.807) is 0 Å². The molecule has 0 saturated heterocycles. The van der Waals surface area contributed by atoms with E-state index in [-0.39, 0.29) is 36.4 Å². The summed E-state index contributed by atoms with van der Waals surface area (Å²) in [5.41, 5.74) is 4.06. The van der Waals surface area contributed by atoms with Crippen LogP contribution in [0.5, 0.6) is 0 Å². The fourth-order valence-electron chi connectivity index (χ4n) is 4.92. The molecule has 1 amide bonds. The number of esters is 1. The van der Waals surface area contributed by atoms with Gasteiger partial charge in [0.1, 0.15) is 0 Å². The lowest BCUT2D eigenvalue weighted by Crippen LogP contribution is -2.34. The fraction of sp³-hybridized carbons (Fsp3) is 0.370. The van der Waals surface area contributed by atoms with Crippen molar-refractivity contribution in [2.75, 3.05) is 6.61 Å². The molecule has 0 bridgehead atoms. The summed E-state index contributed by atoms with van der Waals surface area (Å²) >= 11 is 12.2. The van der Waals surface area contributed by atoms with Crippen LogP contribution in [0.2, 0.25) is 10.0 Å². The number of amides is 1. The summed E-state index contributed by atoms with van der Waals surface area (Å²) < 4.78 is 5.35. The van der Waals surface area contributed by atoms with E-state index in [4.69, 9.17) is 33.0 Å². The van der Waals surface area contributed by atoms with Gasteiger partial charge in [-0.2, -0.15) is 5.10 Å². The molecule has 5 nitrogen and oxygen atoms in total. The predicted molar refractivity (Wildman–Crippen MR) is 133 cm³/mol. The van der Waals surface area contributed by atoms with Gasteiger partial charge < -0.3 is 4.74 Å². The van der Waals surface area contributed by atoms with Gasteiger partial charge in [-0.15, -0.1) is 0 Å². The van der Waals surface area contributed by atoms with Crippen LogP contribution in [0.4, 0.5) is 0 Å². The number of hydrogen-bond acceptors (Lipinski definition) is 4. The second kappa shape index (κ2) is 9.55. The smallest absolute Gasteiger partial charge is 0.309 e. The van der Waals surface area contributed by atoms with Crippen molar-refractivity contribution in [1.29, 1.82) is 0 Å². The Morgan fingerprint density at radius 3 is 2.38 bits per heavy atom. The van der Waals surface area contributed by atoms with Gasteiger partial charge >= 0.3 is 5.97 Å². The number of carbonyl (C=O) groups is 2. The molecule has 2 aromatic rings. The van der Waals surface area contributed by atoms with Crippen molar-refractivity contribution in [1.82, 2.24) is 5.01 Å². The maximum absolute atomic E-state index is 13.3. The summed E-state index contributed by atoms with van der Waals surface area (Å²) in [6, 6.07) is 15.0. The second-order valence-electron chi connectivity index (χ2n) is 9.37. The van der Waals surface area contributed by atoms with Crippen LogP contribution in [0.3, 0.4) is 0 Å². The number of hydrazone groups is 1. The highest BCUT2D eigenvalue weighted by atomic mass is 35.5. The van der Waals surface area contributed by atoms with E-state index in [0.29, 0.717) is 16.0 Å². The normalized spacial score (nSPS) is 26.7. The quantitative estimate of drug-likeness (QED) is 0.455. The Bertz CT molecular complexity index is 1160. The maximum atomic E-state index is 13.3. The molecule has 7 heteroatoms. The lowest BCUT2D eigenvalue weighted by Gasteiger charge is -2.29. The molecule has 176 valence electrons. The van der Waals surface area contributed by atoms with Crippen LogP contribution in [0.15, 0.2) is 59.2 Å². The Kier molecular flexibility index (Phi) is 6.50. The topological polar surface area (TPSA) is 59.0 Å². The first kappa shape index (κ1) is 23.1. The second-order valence-corrected chi connectivity index (χ2v) is 10.2. The number of halogens is 2. The number of ether oxygens (including phenoxy) is 1. The predicted octanol–water partition coefficient (Wildman–Crippen LogP) is 6.32. The van der Waals surface area contributed by atoms with Crippen molar-refractivity contribution < 1.29 is 14.3 Å². The molecular weight excluding hydrogens is 471 g/mol. The van der Waals surface area contributed by atoms with Gasteiger partial charge in [0.15, 0.2) is 6.61 Å². The van der Waals surface area contributed by atoms with Crippen molar-refractivity contribution in [3.8, 4) is 0 Å². The molecule has 4 unspecified atom stereocenters. The lowest BCUT2D eigenvalue weighted by atomic mass is 9.77. The van der Waals surface area contributed by atoms with Crippen LogP contribution in [-0.2, 0) is 14.3 Å². The third kappa shape index (κ3) is 4.77. The van der Waals surface area contributed by atoms with E-state index in [2.05, 4.69) is 6.08 Å². The number of benzene rings is 2. The van der Waals surface area contributed by atoms with E-state index in [1.807, 2.05) is 55.5 Å². The van der Waals surface area contributed by atoms with Crippen LogP contribution < -0.4 is 0 Å². The number of fused-ring (bicyclic) bond motifs is 1. The Balaban J connectivity index is 1.44. The van der Waals surface area contributed by atoms with Gasteiger partial charge in [-0.3, -0.25) is 9.59 Å². The molecule has 5 rings (SSSR count). The van der Waals surface area contributed by atoms with Gasteiger partial charge in [-0.1, -0.05) is 54.4 Å². The van der Waals surface area contributed by atoms with E-state index in [0.717, 1.165) is 48.1 Å². The molecule has 1 heterocycles. The van der Waals surface area contributed by atoms with E-state index >= 15 is 0 Å². The largest absolute Gasteiger partial charge is 0.455 e. The third-order valence-corrected chi connectivity index (χ3v) is 7.43. The van der Waals surface area contributed by atoms with Crippen LogP contribution in [0.1, 0.15) is 49.8 Å². The zero-order valence-electron chi connectivity index (χ0n) is 18.9. The first-order chi connectivity index (χ1) is 16.4. The Hall–Kier alpha value is -2.63. The average molecular weight is 497 g/mol. The molecular formula is C27H26Cl2N2O3. The van der Waals surface area contributed by atoms with Crippen LogP contribution in [-0.4, -0.2) is 29.2 Å². The van der Waals surface area contributed by atoms with Crippen LogP contribution in [0.25, 0.3) is 6.08 Å². The molecule has 2 aliphatic carbocycles. The average Bonchev–Trinajstić information content (AvgIpc) is 3.44. The van der Waals surface area contributed by atoms with Crippen molar-refractivity contribution in [3.63, 3.8) is 0 Å². The van der Waals surface area contributed by atoms with Crippen molar-refractivity contribution >= 4 is 46.9 Å². The summed E-state index contributed by atoms with van der Waals surface area (Å²) in [7, 11) is 0. The van der Waals surface area contributed by atoms with Gasteiger partial charge in [0.05, 0.1) is 17.7 Å². The minimum atomic E-state index is -0.311. The summed E-state index contributed by atoms with van der Waals surface area (Å²) in [5, 5.41) is 7.67. The Morgan fingerprint density at radius 1 is 1.09 bits per heavy atom. The molecule has 2 saturated carbocycles. The highest BCUT2D eigenvalue weighted by Crippen LogP contribution is 2.45. The van der Waals surface area contributed by atoms with Crippen molar-refractivity contribution in [2.45, 2.75) is 38.6 Å². The minimum absolute atomic E-state index is 0.0663. The number of carbonyl (C=O) groups excluding carboxylic acids is 2. The fourth-order valence-corrected chi connectivity index (χ4v) is 5.17. The highest BCUT2D eigenvalue weighted by Gasteiger charge is 2.45. The molecule has 0 N–H and O–H groups in total. The number of nitrogens with zero attached hydrogens (tertiary/aromatic N) is 2. The molecule has 34 heavy (non-hydrogen) atoms. The number of rotatable bonds is 5. The first-order valence-electron chi connectivity index (χ1n) is 11.7. The number of hydrogen-bond donors (Lipinski definition) is 0. The summed E-state index contributed by atoms with van der Waals surface area (Å²) in [5.74, 6) is -0.288. The molecule has 0 spiro atoms. The first-order valence-corrected chi connectivity index (χ1v) is 12.5. The molecule has 0 radical (unpaired) electrons. The van der Waals surface area contributed by atoms with Gasteiger partial charge in [0, 0.05) is 16.0 Å². The van der Waals surface area contributed by atoms with Gasteiger partial charge in [-0.25, -0.2) is 5.01 Å². The van der Waals surface area contributed by atoms with Crippen molar-refractivity contribution in [3.05, 3.63) is 75.3 Å². The highest BCUT2D eigenvalue weighted by molar-refractivity contribution is 6.30. The van der Waals surface area contributed by atoms with Gasteiger partial charge in [-0.05, 0) is 78.6 Å². The SMILES string of the molecule is CC1CC1C(=O)OCC(=O)N1N=C2C(=Cc3ccc(Cl)cc3)CCCC2C1c1ccc(Cl)cc1. The monoisotopic (exact) mass is 496 g/mol. The van der Waals surface area contributed by atoms with E-state index in [1.165, 1.54) is 5.01 Å². The summed E-state index contributed by atoms with van der Waals surface area (Å²) in [6.45, 7) is 1.71. The minimum Gasteiger partial charge on any atom is -0.455 e. The summed E-state index contributed by atoms with van der Waals surface area (Å²) in [6.07, 6.45) is 5.77. The molecule has 3 aliphatic rings. The van der Waals surface area contributed by atoms with Gasteiger partial charge in [0.25, 0.3) is 5.91 Å².